The van der Waals surface area contributed by atoms with Crippen molar-refractivity contribution in [2.75, 3.05) is 12.4 Å². The van der Waals surface area contributed by atoms with E-state index in [2.05, 4.69) is 24.1 Å². The third-order valence-corrected chi connectivity index (χ3v) is 4.14. The Morgan fingerprint density at radius 1 is 1.58 bits per heavy atom. The van der Waals surface area contributed by atoms with Crippen LogP contribution in [0.3, 0.4) is 0 Å². The van der Waals surface area contributed by atoms with Crippen LogP contribution in [0.1, 0.15) is 30.8 Å². The van der Waals surface area contributed by atoms with Crippen molar-refractivity contribution < 1.29 is 14.6 Å². The molecule has 1 heterocycles. The third-order valence-electron chi connectivity index (χ3n) is 3.83. The number of aromatic nitrogens is 1. The monoisotopic (exact) mass is 284 g/mol. The van der Waals surface area contributed by atoms with Crippen LogP contribution in [-0.4, -0.2) is 35.3 Å². The number of ether oxygens (including phenoxy) is 1. The van der Waals surface area contributed by atoms with E-state index in [-0.39, 0.29) is 28.3 Å². The van der Waals surface area contributed by atoms with Crippen molar-refractivity contribution in [3.63, 3.8) is 0 Å². The smallest absolute Gasteiger partial charge is 0.356 e. The molecule has 0 amide bonds. The molecule has 1 aliphatic rings. The molecule has 2 rings (SSSR count). The molecule has 1 aliphatic carbocycles. The molecule has 0 aliphatic heterocycles. The van der Waals surface area contributed by atoms with Gasteiger partial charge in [-0.25, -0.2) is 9.78 Å². The minimum atomic E-state index is -1.13. The molecular weight excluding hydrogens is 268 g/mol. The lowest BCUT2D eigenvalue weighted by Gasteiger charge is -2.51. The van der Waals surface area contributed by atoms with Gasteiger partial charge in [0.25, 0.3) is 0 Å². The zero-order valence-corrected chi connectivity index (χ0v) is 11.9. The van der Waals surface area contributed by atoms with Crippen LogP contribution >= 0.6 is 11.6 Å². The summed E-state index contributed by atoms with van der Waals surface area (Å²) in [4.78, 5) is 15.0. The Bertz CT molecular complexity index is 505. The molecule has 5 nitrogen and oxygen atoms in total. The van der Waals surface area contributed by atoms with Crippen LogP contribution in [0.4, 0.5) is 5.82 Å². The average molecular weight is 285 g/mol. The average Bonchev–Trinajstić information content (AvgIpc) is 2.35. The highest BCUT2D eigenvalue weighted by Crippen LogP contribution is 2.43. The minimum absolute atomic E-state index is 0.0144. The van der Waals surface area contributed by atoms with Crippen LogP contribution in [0.25, 0.3) is 0 Å². The van der Waals surface area contributed by atoms with E-state index >= 15 is 0 Å². The number of nitrogens with zero attached hydrogens (tertiary/aromatic N) is 1. The summed E-state index contributed by atoms with van der Waals surface area (Å²) in [6.07, 6.45) is 1.08. The van der Waals surface area contributed by atoms with Gasteiger partial charge in [-0.15, -0.1) is 0 Å². The van der Waals surface area contributed by atoms with Gasteiger partial charge in [-0.1, -0.05) is 25.4 Å². The van der Waals surface area contributed by atoms with Gasteiger partial charge in [0.15, 0.2) is 5.69 Å². The van der Waals surface area contributed by atoms with Crippen LogP contribution in [0.15, 0.2) is 12.1 Å². The summed E-state index contributed by atoms with van der Waals surface area (Å²) in [6, 6.07) is 3.43. The predicted octanol–water partition coefficient (Wildman–Crippen LogP) is 2.66. The number of hydrogen-bond acceptors (Lipinski definition) is 4. The molecule has 0 spiro atoms. The number of aromatic carboxylic acids is 1. The maximum absolute atomic E-state index is 11.0. The number of carboxylic acid groups (broad SMARTS) is 1. The maximum Gasteiger partial charge on any atom is 0.356 e. The van der Waals surface area contributed by atoms with Crippen LogP contribution in [-0.2, 0) is 4.74 Å². The largest absolute Gasteiger partial charge is 0.476 e. The molecule has 104 valence electrons. The van der Waals surface area contributed by atoms with Crippen molar-refractivity contribution in [2.45, 2.75) is 32.4 Å². The van der Waals surface area contributed by atoms with Crippen molar-refractivity contribution in [2.24, 2.45) is 5.41 Å². The number of hydrogen-bond donors (Lipinski definition) is 2. The van der Waals surface area contributed by atoms with Gasteiger partial charge in [0.1, 0.15) is 5.82 Å². The first kappa shape index (κ1) is 14.1. The summed E-state index contributed by atoms with van der Waals surface area (Å²) in [6.45, 7) is 4.21. The standard InChI is InChI=1S/C13H17ClN2O3/c1-13(2)8(6-9(13)19-3)15-10-5-4-7(14)11(16-10)12(17)18/h4-5,8-9H,6H2,1-3H3,(H,15,16)(H,17,18). The van der Waals surface area contributed by atoms with E-state index in [1.807, 2.05) is 0 Å². The molecule has 2 atom stereocenters. The fourth-order valence-electron chi connectivity index (χ4n) is 2.38. The Balaban J connectivity index is 2.13. The number of methoxy groups -OCH3 is 1. The predicted molar refractivity (Wildman–Crippen MR) is 72.8 cm³/mol. The minimum Gasteiger partial charge on any atom is -0.476 e. The normalized spacial score (nSPS) is 24.6. The van der Waals surface area contributed by atoms with Gasteiger partial charge in [0.2, 0.25) is 0 Å². The highest BCUT2D eigenvalue weighted by atomic mass is 35.5. The SMILES string of the molecule is COC1CC(Nc2ccc(Cl)c(C(=O)O)n2)C1(C)C. The Morgan fingerprint density at radius 3 is 2.79 bits per heavy atom. The van der Waals surface area contributed by atoms with E-state index in [4.69, 9.17) is 21.4 Å². The Labute approximate surface area is 116 Å². The Hall–Kier alpha value is -1.33. The van der Waals surface area contributed by atoms with E-state index in [9.17, 15) is 4.79 Å². The zero-order valence-electron chi connectivity index (χ0n) is 11.1. The van der Waals surface area contributed by atoms with Crippen LogP contribution < -0.4 is 5.32 Å². The number of pyridine rings is 1. The van der Waals surface area contributed by atoms with E-state index in [0.29, 0.717) is 5.82 Å². The molecule has 2 unspecified atom stereocenters. The second kappa shape index (κ2) is 4.98. The molecule has 1 fully saturated rings. The van der Waals surface area contributed by atoms with Crippen molar-refractivity contribution in [3.05, 3.63) is 22.8 Å². The number of carboxylic acids is 1. The molecule has 0 saturated heterocycles. The van der Waals surface area contributed by atoms with E-state index in [0.717, 1.165) is 6.42 Å². The number of halogens is 1. The molecule has 1 aromatic rings. The second-order valence-electron chi connectivity index (χ2n) is 5.31. The summed E-state index contributed by atoms with van der Waals surface area (Å²) in [5.74, 6) is -0.606. The first-order valence-electron chi connectivity index (χ1n) is 6.05. The molecule has 1 saturated carbocycles. The van der Waals surface area contributed by atoms with E-state index in [1.165, 1.54) is 0 Å². The van der Waals surface area contributed by atoms with Gasteiger partial charge in [0.05, 0.1) is 11.1 Å². The lowest BCUT2D eigenvalue weighted by molar-refractivity contribution is -0.0795. The van der Waals surface area contributed by atoms with Gasteiger partial charge < -0.3 is 15.2 Å². The third kappa shape index (κ3) is 2.53. The van der Waals surface area contributed by atoms with Crippen molar-refractivity contribution >= 4 is 23.4 Å². The quantitative estimate of drug-likeness (QED) is 0.889. The number of nitrogens with one attached hydrogen (secondary N) is 1. The van der Waals surface area contributed by atoms with Crippen LogP contribution in [0, 0.1) is 5.41 Å². The fourth-order valence-corrected chi connectivity index (χ4v) is 2.57. The lowest BCUT2D eigenvalue weighted by atomic mass is 9.64. The fraction of sp³-hybridized carbons (Fsp3) is 0.538. The Morgan fingerprint density at radius 2 is 2.26 bits per heavy atom. The van der Waals surface area contributed by atoms with Gasteiger partial charge in [-0.2, -0.15) is 0 Å². The number of anilines is 1. The second-order valence-corrected chi connectivity index (χ2v) is 5.72. The van der Waals surface area contributed by atoms with Gasteiger partial charge in [0, 0.05) is 18.6 Å². The summed E-state index contributed by atoms with van der Waals surface area (Å²) in [5, 5.41) is 12.4. The van der Waals surface area contributed by atoms with E-state index in [1.54, 1.807) is 19.2 Å². The zero-order chi connectivity index (χ0) is 14.2. The van der Waals surface area contributed by atoms with Crippen LogP contribution in [0.5, 0.6) is 0 Å². The Kier molecular flexibility index (Phi) is 3.69. The van der Waals surface area contributed by atoms with Crippen molar-refractivity contribution in [3.8, 4) is 0 Å². The van der Waals surface area contributed by atoms with Gasteiger partial charge >= 0.3 is 5.97 Å². The molecular formula is C13H17ClN2O3. The molecule has 0 aromatic carbocycles. The molecule has 6 heteroatoms. The highest BCUT2D eigenvalue weighted by Gasteiger charge is 2.48. The van der Waals surface area contributed by atoms with Crippen molar-refractivity contribution in [1.29, 1.82) is 0 Å². The molecule has 0 radical (unpaired) electrons. The first-order valence-corrected chi connectivity index (χ1v) is 6.43. The molecule has 19 heavy (non-hydrogen) atoms. The lowest BCUT2D eigenvalue weighted by Crippen LogP contribution is -2.57. The molecule has 0 bridgehead atoms. The number of rotatable bonds is 4. The highest BCUT2D eigenvalue weighted by molar-refractivity contribution is 6.33. The van der Waals surface area contributed by atoms with Crippen LogP contribution in [0.2, 0.25) is 5.02 Å². The first-order chi connectivity index (χ1) is 8.86. The maximum atomic E-state index is 11.0. The summed E-state index contributed by atoms with van der Waals surface area (Å²) < 4.78 is 5.37. The topological polar surface area (TPSA) is 71.5 Å². The summed E-state index contributed by atoms with van der Waals surface area (Å²) >= 11 is 5.79. The molecule has 1 aromatic heterocycles. The van der Waals surface area contributed by atoms with E-state index < -0.39 is 5.97 Å². The summed E-state index contributed by atoms with van der Waals surface area (Å²) in [7, 11) is 1.70. The van der Waals surface area contributed by atoms with Gasteiger partial charge in [-0.05, 0) is 18.6 Å². The molecule has 2 N–H and O–H groups in total. The van der Waals surface area contributed by atoms with Crippen molar-refractivity contribution in [1.82, 2.24) is 4.98 Å². The summed E-state index contributed by atoms with van der Waals surface area (Å²) in [5.41, 5.74) is -0.147. The number of carbonyl (C=O) groups is 1. The van der Waals surface area contributed by atoms with Gasteiger partial charge in [-0.3, -0.25) is 0 Å².